The number of carbonyl (C=O) groups is 1. The summed E-state index contributed by atoms with van der Waals surface area (Å²) >= 11 is 12.5. The predicted octanol–water partition coefficient (Wildman–Crippen LogP) is 5.04. The molecular formula is C25H26Cl2N4O2. The van der Waals surface area contributed by atoms with Crippen molar-refractivity contribution in [3.63, 3.8) is 0 Å². The molecule has 4 rings (SSSR count). The highest BCUT2D eigenvalue weighted by atomic mass is 35.5. The molecule has 2 unspecified atom stereocenters. The van der Waals surface area contributed by atoms with Gasteiger partial charge in [-0.2, -0.15) is 0 Å². The minimum absolute atomic E-state index is 0.00653. The Morgan fingerprint density at radius 1 is 1.12 bits per heavy atom. The monoisotopic (exact) mass is 484 g/mol. The maximum absolute atomic E-state index is 13.4. The van der Waals surface area contributed by atoms with Crippen LogP contribution in [0.25, 0.3) is 11.1 Å². The Morgan fingerprint density at radius 3 is 2.48 bits per heavy atom. The summed E-state index contributed by atoms with van der Waals surface area (Å²) in [5.74, 6) is 0.638. The number of piperazine rings is 1. The first-order valence-corrected chi connectivity index (χ1v) is 11.5. The van der Waals surface area contributed by atoms with Gasteiger partial charge < -0.3 is 20.7 Å². The molecule has 0 saturated carbocycles. The van der Waals surface area contributed by atoms with Gasteiger partial charge in [0.25, 0.3) is 5.91 Å². The molecule has 0 aliphatic carbocycles. The van der Waals surface area contributed by atoms with E-state index < -0.39 is 0 Å². The number of rotatable bonds is 5. The fourth-order valence-electron chi connectivity index (χ4n) is 4.12. The van der Waals surface area contributed by atoms with Gasteiger partial charge in [-0.3, -0.25) is 4.79 Å². The van der Waals surface area contributed by atoms with Crippen LogP contribution in [0.1, 0.15) is 29.8 Å². The van der Waals surface area contributed by atoms with Crippen molar-refractivity contribution in [1.29, 1.82) is 0 Å². The number of nitrogens with two attached hydrogens (primary N) is 1. The van der Waals surface area contributed by atoms with E-state index in [1.165, 1.54) is 0 Å². The lowest BCUT2D eigenvalue weighted by Crippen LogP contribution is -2.55. The van der Waals surface area contributed by atoms with Crippen molar-refractivity contribution in [2.75, 3.05) is 18.8 Å². The van der Waals surface area contributed by atoms with Crippen molar-refractivity contribution < 1.29 is 9.53 Å². The maximum Gasteiger partial charge on any atom is 0.254 e. The van der Waals surface area contributed by atoms with E-state index in [9.17, 15) is 4.79 Å². The molecule has 2 atom stereocenters. The van der Waals surface area contributed by atoms with E-state index in [-0.39, 0.29) is 30.4 Å². The van der Waals surface area contributed by atoms with Crippen molar-refractivity contribution in [1.82, 2.24) is 15.2 Å². The van der Waals surface area contributed by atoms with Crippen LogP contribution in [-0.4, -0.2) is 41.0 Å². The number of nitrogen functional groups attached to an aromatic ring is 1. The number of nitrogens with zero attached hydrogens (tertiary/aromatic N) is 2. The number of amides is 1. The third-order valence-corrected chi connectivity index (χ3v) is 6.34. The van der Waals surface area contributed by atoms with E-state index in [0.29, 0.717) is 40.0 Å². The van der Waals surface area contributed by atoms with Crippen molar-refractivity contribution in [3.8, 4) is 16.9 Å². The fraction of sp³-hybridized carbons (Fsp3) is 0.280. The molecule has 2 heterocycles. The number of anilines is 1. The molecule has 1 amide bonds. The second-order valence-corrected chi connectivity index (χ2v) is 9.14. The molecule has 1 aromatic heterocycles. The molecule has 1 aliphatic rings. The lowest BCUT2D eigenvalue weighted by Gasteiger charge is -2.36. The van der Waals surface area contributed by atoms with Crippen LogP contribution in [0.5, 0.6) is 5.75 Å². The topological polar surface area (TPSA) is 80.5 Å². The fourth-order valence-corrected chi connectivity index (χ4v) is 4.63. The van der Waals surface area contributed by atoms with Gasteiger partial charge in [0.15, 0.2) is 11.6 Å². The molecule has 6 nitrogen and oxygen atoms in total. The largest absolute Gasteiger partial charge is 0.485 e. The SMILES string of the molecule is CC1CN(C(=O)c2ccccc2-c2cnc(N)c(OCc3c(Cl)cccc3Cl)c2)CC(C)N1. The first-order chi connectivity index (χ1) is 15.8. The Labute approximate surface area is 203 Å². The third kappa shape index (κ3) is 5.24. The highest BCUT2D eigenvalue weighted by Gasteiger charge is 2.27. The molecule has 0 radical (unpaired) electrons. The van der Waals surface area contributed by atoms with Gasteiger partial charge in [0.2, 0.25) is 0 Å². The molecule has 1 fully saturated rings. The molecule has 8 heteroatoms. The quantitative estimate of drug-likeness (QED) is 0.530. The van der Waals surface area contributed by atoms with Gasteiger partial charge in [-0.15, -0.1) is 0 Å². The predicted molar refractivity (Wildman–Crippen MR) is 133 cm³/mol. The van der Waals surface area contributed by atoms with Crippen LogP contribution in [0.4, 0.5) is 5.82 Å². The maximum atomic E-state index is 13.4. The lowest BCUT2D eigenvalue weighted by molar-refractivity contribution is 0.0674. The van der Waals surface area contributed by atoms with Gasteiger partial charge in [0.1, 0.15) is 6.61 Å². The number of benzene rings is 2. The van der Waals surface area contributed by atoms with Gasteiger partial charge in [0, 0.05) is 58.1 Å². The van der Waals surface area contributed by atoms with Gasteiger partial charge in [-0.1, -0.05) is 47.5 Å². The Morgan fingerprint density at radius 2 is 1.79 bits per heavy atom. The number of ether oxygens (including phenoxy) is 1. The smallest absolute Gasteiger partial charge is 0.254 e. The van der Waals surface area contributed by atoms with Crippen molar-refractivity contribution >= 4 is 34.9 Å². The highest BCUT2D eigenvalue weighted by Crippen LogP contribution is 2.32. The zero-order valence-corrected chi connectivity index (χ0v) is 20.0. The van der Waals surface area contributed by atoms with E-state index >= 15 is 0 Å². The molecule has 172 valence electrons. The Kier molecular flexibility index (Phi) is 7.08. The minimum Gasteiger partial charge on any atom is -0.485 e. The highest BCUT2D eigenvalue weighted by molar-refractivity contribution is 6.35. The van der Waals surface area contributed by atoms with Crippen LogP contribution in [-0.2, 0) is 6.61 Å². The van der Waals surface area contributed by atoms with E-state index in [2.05, 4.69) is 24.1 Å². The van der Waals surface area contributed by atoms with E-state index in [4.69, 9.17) is 33.7 Å². The summed E-state index contributed by atoms with van der Waals surface area (Å²) < 4.78 is 5.93. The standard InChI is InChI=1S/C25H26Cl2N4O2/c1-15-12-31(13-16(2)30-15)25(32)19-7-4-3-6-18(19)17-10-23(24(28)29-11-17)33-14-20-21(26)8-5-9-22(20)27/h3-11,15-16,30H,12-14H2,1-2H3,(H2,28,29). The molecule has 1 aliphatic heterocycles. The van der Waals surface area contributed by atoms with Crippen LogP contribution in [0.3, 0.4) is 0 Å². The Bertz CT molecular complexity index is 1140. The first kappa shape index (κ1) is 23.4. The molecule has 1 saturated heterocycles. The van der Waals surface area contributed by atoms with Crippen molar-refractivity contribution in [2.45, 2.75) is 32.5 Å². The van der Waals surface area contributed by atoms with E-state index in [0.717, 1.165) is 11.1 Å². The third-order valence-electron chi connectivity index (χ3n) is 5.63. The lowest BCUT2D eigenvalue weighted by atomic mass is 9.99. The number of pyridine rings is 1. The number of nitrogens with one attached hydrogen (secondary N) is 1. The van der Waals surface area contributed by atoms with Gasteiger partial charge in [-0.05, 0) is 43.7 Å². The van der Waals surface area contributed by atoms with Crippen molar-refractivity contribution in [3.05, 3.63) is 75.9 Å². The normalized spacial score (nSPS) is 18.2. The van der Waals surface area contributed by atoms with Crippen molar-refractivity contribution in [2.24, 2.45) is 0 Å². The molecule has 0 spiro atoms. The number of hydrogen-bond donors (Lipinski definition) is 2. The Balaban J connectivity index is 1.62. The summed E-state index contributed by atoms with van der Waals surface area (Å²) in [6.45, 7) is 5.63. The molecule has 3 N–H and O–H groups in total. The number of hydrogen-bond acceptors (Lipinski definition) is 5. The summed E-state index contributed by atoms with van der Waals surface area (Å²) in [6.07, 6.45) is 1.65. The molecular weight excluding hydrogens is 459 g/mol. The summed E-state index contributed by atoms with van der Waals surface area (Å²) in [7, 11) is 0. The summed E-state index contributed by atoms with van der Waals surface area (Å²) in [5.41, 5.74) is 8.87. The van der Waals surface area contributed by atoms with Gasteiger partial charge in [0.05, 0.1) is 0 Å². The molecule has 2 aromatic carbocycles. The number of halogens is 2. The Hall–Kier alpha value is -2.80. The molecule has 0 bridgehead atoms. The zero-order chi connectivity index (χ0) is 23.5. The zero-order valence-electron chi connectivity index (χ0n) is 18.5. The van der Waals surface area contributed by atoms with E-state index in [1.807, 2.05) is 29.2 Å². The van der Waals surface area contributed by atoms with Crippen LogP contribution in [0.2, 0.25) is 10.0 Å². The molecule has 3 aromatic rings. The minimum atomic E-state index is -0.00653. The van der Waals surface area contributed by atoms with Crippen LogP contribution >= 0.6 is 23.2 Å². The summed E-state index contributed by atoms with van der Waals surface area (Å²) in [5, 5.41) is 4.49. The number of carbonyl (C=O) groups excluding carboxylic acids is 1. The second-order valence-electron chi connectivity index (χ2n) is 8.32. The summed E-state index contributed by atoms with van der Waals surface area (Å²) in [4.78, 5) is 19.6. The van der Waals surface area contributed by atoms with Crippen LogP contribution in [0, 0.1) is 0 Å². The van der Waals surface area contributed by atoms with Crippen LogP contribution < -0.4 is 15.8 Å². The van der Waals surface area contributed by atoms with E-state index in [1.54, 1.807) is 30.5 Å². The second kappa shape index (κ2) is 10.00. The summed E-state index contributed by atoms with van der Waals surface area (Å²) in [6, 6.07) is 15.1. The average molecular weight is 485 g/mol. The van der Waals surface area contributed by atoms with Gasteiger partial charge >= 0.3 is 0 Å². The molecule has 33 heavy (non-hydrogen) atoms. The number of aromatic nitrogens is 1. The van der Waals surface area contributed by atoms with Crippen LogP contribution in [0.15, 0.2) is 54.7 Å². The first-order valence-electron chi connectivity index (χ1n) is 10.8. The average Bonchev–Trinajstić information content (AvgIpc) is 2.79. The van der Waals surface area contributed by atoms with Gasteiger partial charge in [-0.25, -0.2) is 4.98 Å².